The molecule has 0 aliphatic carbocycles. The molecule has 8 rings (SSSR count). The second kappa shape index (κ2) is 51.0. The summed E-state index contributed by atoms with van der Waals surface area (Å²) in [5.41, 5.74) is 34.6. The molecule has 0 saturated carbocycles. The number of anilines is 8. The maximum absolute atomic E-state index is 12.8. The zero-order valence-corrected chi connectivity index (χ0v) is 64.1. The zero-order chi connectivity index (χ0) is 79.0. The van der Waals surface area contributed by atoms with E-state index in [9.17, 15) is 28.9 Å². The molecule has 5 heterocycles. The van der Waals surface area contributed by atoms with E-state index in [0.29, 0.717) is 59.2 Å². The van der Waals surface area contributed by atoms with Crippen LogP contribution in [0.5, 0.6) is 0 Å². The van der Waals surface area contributed by atoms with Gasteiger partial charge >= 0.3 is 70.3 Å². The van der Waals surface area contributed by atoms with Crippen molar-refractivity contribution in [2.24, 2.45) is 51.5 Å². The van der Waals surface area contributed by atoms with Gasteiger partial charge in [0.15, 0.2) is 11.5 Å². The van der Waals surface area contributed by atoms with Crippen LogP contribution in [0.15, 0.2) is 139 Å². The van der Waals surface area contributed by atoms with Crippen LogP contribution in [0.25, 0.3) is 0 Å². The zero-order valence-electron chi connectivity index (χ0n) is 61.3. The summed E-state index contributed by atoms with van der Waals surface area (Å²) < 4.78 is 54.4. The van der Waals surface area contributed by atoms with Crippen LogP contribution in [0, 0.1) is 15.0 Å². The van der Waals surface area contributed by atoms with Crippen LogP contribution in [0.3, 0.4) is 0 Å². The first kappa shape index (κ1) is 103. The van der Waals surface area contributed by atoms with Crippen LogP contribution in [-0.2, 0) is 65.4 Å². The van der Waals surface area contributed by atoms with E-state index in [1.54, 1.807) is 97.6 Å². The summed E-state index contributed by atoms with van der Waals surface area (Å²) in [5, 5.41) is 53.4. The maximum Gasteiger partial charge on any atom is 1.00 e. The average molecular weight is 1550 g/mol. The van der Waals surface area contributed by atoms with Crippen molar-refractivity contribution in [3.63, 3.8) is 0 Å². The Hall–Kier alpha value is -11.3. The number of nitrogens with zero attached hydrogens (tertiary/aromatic N) is 12. The Labute approximate surface area is 651 Å². The third-order valence-electron chi connectivity index (χ3n) is 12.3. The van der Waals surface area contributed by atoms with E-state index in [0.717, 1.165) is 22.0 Å². The Morgan fingerprint density at radius 3 is 1.09 bits per heavy atom. The van der Waals surface area contributed by atoms with Crippen molar-refractivity contribution in [1.29, 1.82) is 0 Å². The molecule has 0 spiro atoms. The topological polar surface area (TPSA) is 611 Å². The predicted octanol–water partition coefficient (Wildman–Crippen LogP) is 5.09. The van der Waals surface area contributed by atoms with Crippen LogP contribution in [0.1, 0.15) is 101 Å². The maximum atomic E-state index is 12.8. The van der Waals surface area contributed by atoms with Crippen molar-refractivity contribution in [1.82, 2.24) is 75.5 Å². The normalized spacial score (nSPS) is 10.2. The van der Waals surface area contributed by atoms with Gasteiger partial charge in [-0.25, -0.2) is 24.0 Å². The number of nitrogens with one attached hydrogen (secondary N) is 8. The molecule has 0 saturated heterocycles. The van der Waals surface area contributed by atoms with Crippen molar-refractivity contribution in [3.05, 3.63) is 160 Å². The van der Waals surface area contributed by atoms with Gasteiger partial charge in [0.2, 0.25) is 0 Å². The number of alkyl carbamates (subject to hydrolysis) is 3. The molecule has 108 heavy (non-hydrogen) atoms. The van der Waals surface area contributed by atoms with E-state index in [1.807, 2.05) is 82.4 Å². The number of rotatable bonds is 16. The molecule has 5 aromatic heterocycles. The van der Waals surface area contributed by atoms with Crippen LogP contribution in [0.4, 0.5) is 75.8 Å². The van der Waals surface area contributed by atoms with Gasteiger partial charge in [-0.3, -0.25) is 32.5 Å². The Morgan fingerprint density at radius 1 is 0.491 bits per heavy atom. The van der Waals surface area contributed by atoms with Gasteiger partial charge in [-0.2, -0.15) is 33.9 Å². The van der Waals surface area contributed by atoms with Crippen molar-refractivity contribution in [2.75, 3.05) is 83.9 Å². The number of nitrogen functional groups attached to an aromatic ring is 5. The molecule has 0 radical (unpaired) electrons. The molecule has 0 atom stereocenters. The molecule has 43 heteroatoms. The first-order chi connectivity index (χ1) is 48.5. The number of urea groups is 2. The minimum atomic E-state index is -4.67. The number of nitroso groups, excluding NO2 is 1. The van der Waals surface area contributed by atoms with E-state index in [4.69, 9.17) is 76.3 Å². The van der Waals surface area contributed by atoms with Gasteiger partial charge in [-0.1, -0.05) is 113 Å². The SMILES string of the molecule is C.C.C.CC(C)(C)OC(=O)NCCN.Cn1ncc(N)c1N.Cn1ncc(N=O)c1N.Cn1ncc(NC(=O)NCCNC(=O)OC(C)(C)C)c1N.Cn1ncc(NC(=O)NCCNC(=O)OC(C)(C)C)c1NC(c1ccccc1)(c1ccccc1)c1ccccc1.Cn1nccc1N.O=N[O-].O=S(=O)(O)O.[Na+]. The number of aromatic nitrogens is 10. The Kier molecular flexibility index (Phi) is 48.7. The van der Waals surface area contributed by atoms with E-state index in [-0.39, 0.29) is 83.7 Å². The minimum absolute atomic E-state index is 0. The fourth-order valence-electron chi connectivity index (χ4n) is 7.66. The van der Waals surface area contributed by atoms with Crippen LogP contribution >= 0.6 is 0 Å². The van der Waals surface area contributed by atoms with Gasteiger partial charge in [0.05, 0.1) is 36.7 Å². The first-order valence-electron chi connectivity index (χ1n) is 31.0. The van der Waals surface area contributed by atoms with Crippen LogP contribution in [-0.4, -0.2) is 153 Å². The molecule has 22 N–H and O–H groups in total. The van der Waals surface area contributed by atoms with Crippen LogP contribution < -0.4 is 106 Å². The van der Waals surface area contributed by atoms with E-state index in [1.165, 1.54) is 32.6 Å². The summed E-state index contributed by atoms with van der Waals surface area (Å²) in [7, 11) is 4.01. The van der Waals surface area contributed by atoms with Gasteiger partial charge in [0.1, 0.15) is 57.0 Å². The summed E-state index contributed by atoms with van der Waals surface area (Å²) in [6, 6.07) is 31.4. The predicted molar refractivity (Wildman–Crippen MR) is 416 cm³/mol. The summed E-state index contributed by atoms with van der Waals surface area (Å²) in [5.74, 6) is 2.49. The molecule has 7 amide bonds. The minimum Gasteiger partial charge on any atom is -0.444 e. The molecule has 0 unspecified atom stereocenters. The van der Waals surface area contributed by atoms with E-state index < -0.39 is 63.1 Å². The number of hydrogen-bond acceptors (Lipinski definition) is 27. The standard InChI is InChI=1S/C31H36N6O3.C12H22N6O3.C7H16N2O2.C4H6N4O.C4H8N4.C4H7N3.3CH4.HNO2.Na.H2O4S/c1-30(2,3)40-29(39)33-21-20-32-28(38)35-26-22-34-37(4)27(26)36-31(23-14-8-5-9-15-23,24-16-10-6-11-17-24)25-18-12-7-13-19-25;1-12(2,3)21-11(20)15-6-5-14-10(19)17-8-7-16-18(4)9(8)13;1-7(2,3)11-6(10)9-5-4-8;1-8-4(5)3(7-9)2-6-8;1-8-4(6)3(5)2-7-8;1-7-4(5)2-3-6-7;;;;2-1-3;;1-5(2,3)4/h5-19,22,36H,20-21H2,1-4H3,(H,33,39)(H2,32,35,38);7H,5-6,13H2,1-4H3,(H,15,20)(H2,14,17,19);4-5,8H2,1-3H3,(H,9,10);2H,5H2,1H3;2H,5-6H2,1H3;2-3H,5H2,1H3;3*1H4;(H,2,3);;(H2,1,2,3,4)/q;;;;;;;;;;+1;/p-1. The number of benzene rings is 3. The number of aryl methyl sites for hydroxylation is 5. The second-order valence-electron chi connectivity index (χ2n) is 24.0. The fraction of sp³-hybridized carbons (Fsp3) is 0.415. The number of hydrogen-bond donors (Lipinski definition) is 16. The molecule has 41 nitrogen and oxygen atoms in total. The fourth-order valence-corrected chi connectivity index (χ4v) is 7.66. The van der Waals surface area contributed by atoms with Gasteiger partial charge in [0, 0.05) is 74.5 Å². The van der Waals surface area contributed by atoms with Gasteiger partial charge < -0.3 is 101 Å². The number of carbonyl (C=O) groups excluding carboxylic acids is 5. The molecule has 0 aliphatic rings. The number of carbonyl (C=O) groups is 5. The number of nitrogens with two attached hydrogens (primary N) is 6. The van der Waals surface area contributed by atoms with E-state index >= 15 is 0 Å². The molecule has 3 aromatic carbocycles. The molecule has 8 aromatic rings. The average Bonchev–Trinajstić information content (AvgIpc) is 0.854. The summed E-state index contributed by atoms with van der Waals surface area (Å²) in [4.78, 5) is 76.3. The van der Waals surface area contributed by atoms with Gasteiger partial charge in [-0.15, -0.1) is 10.2 Å². The van der Waals surface area contributed by atoms with Crippen molar-refractivity contribution < 1.29 is 85.3 Å². The van der Waals surface area contributed by atoms with Gasteiger partial charge in [0.25, 0.3) is 0 Å². The molecule has 596 valence electrons. The molecule has 0 bridgehead atoms. The number of ether oxygens (including phenoxy) is 3. The quantitative estimate of drug-likeness (QED) is 0.0114. The largest absolute Gasteiger partial charge is 1.00 e. The monoisotopic (exact) mass is 1550 g/mol. The molecular formula is C65H109N26NaO15S. The summed E-state index contributed by atoms with van der Waals surface area (Å²) in [6.45, 7) is 18.0. The van der Waals surface area contributed by atoms with Crippen molar-refractivity contribution in [3.8, 4) is 0 Å². The molecular weight excluding hydrogens is 1440 g/mol. The van der Waals surface area contributed by atoms with Crippen LogP contribution in [0.2, 0.25) is 0 Å². The van der Waals surface area contributed by atoms with E-state index in [2.05, 4.69) is 110 Å². The number of amides is 7. The Bertz CT molecular complexity index is 3870. The molecule has 0 fully saturated rings. The summed E-state index contributed by atoms with van der Waals surface area (Å²) >= 11 is 0. The smallest absolute Gasteiger partial charge is 0.444 e. The summed E-state index contributed by atoms with van der Waals surface area (Å²) in [6.07, 6.45) is 6.09. The molecule has 0 aliphatic heterocycles. The first-order valence-corrected chi connectivity index (χ1v) is 32.4. The Balaban J connectivity index is -0.000000663. The van der Waals surface area contributed by atoms with Crippen molar-refractivity contribution in [2.45, 2.75) is 107 Å². The second-order valence-corrected chi connectivity index (χ2v) is 24.9. The van der Waals surface area contributed by atoms with Crippen molar-refractivity contribution >= 4 is 92.6 Å². The van der Waals surface area contributed by atoms with Gasteiger partial charge in [-0.05, 0) is 90.2 Å². The third kappa shape index (κ3) is 42.0. The Morgan fingerprint density at radius 2 is 0.824 bits per heavy atom. The third-order valence-corrected chi connectivity index (χ3v) is 12.3.